The maximum absolute atomic E-state index is 13.3. The largest absolute Gasteiger partial charge is 0.488 e. The van der Waals surface area contributed by atoms with E-state index in [1.807, 2.05) is 53.2 Å². The van der Waals surface area contributed by atoms with E-state index in [1.54, 1.807) is 36.5 Å². The number of benzene rings is 1. The van der Waals surface area contributed by atoms with Gasteiger partial charge in [0.2, 0.25) is 5.88 Å². The Bertz CT molecular complexity index is 1340. The minimum absolute atomic E-state index is 0.149. The molecule has 9 heteroatoms. The quantitative estimate of drug-likeness (QED) is 0.404. The highest BCUT2D eigenvalue weighted by molar-refractivity contribution is 6.30. The van der Waals surface area contributed by atoms with Crippen LogP contribution in [0, 0.1) is 0 Å². The van der Waals surface area contributed by atoms with Crippen LogP contribution in [0.3, 0.4) is 0 Å². The number of ether oxygens (including phenoxy) is 2. The van der Waals surface area contributed by atoms with Gasteiger partial charge in [0.05, 0.1) is 5.02 Å². The third-order valence-electron chi connectivity index (χ3n) is 6.00. The van der Waals surface area contributed by atoms with Crippen LogP contribution in [0.25, 0.3) is 5.82 Å². The van der Waals surface area contributed by atoms with Crippen molar-refractivity contribution < 1.29 is 14.3 Å². The molecule has 184 valence electrons. The smallest absolute Gasteiger partial charge is 0.259 e. The van der Waals surface area contributed by atoms with Crippen LogP contribution in [-0.4, -0.2) is 63.5 Å². The number of hydrogen-bond donors (Lipinski definition) is 0. The van der Waals surface area contributed by atoms with Crippen LogP contribution in [0.5, 0.6) is 17.4 Å². The lowest BCUT2D eigenvalue weighted by Crippen LogP contribution is -2.38. The molecule has 1 aromatic carbocycles. The van der Waals surface area contributed by atoms with Crippen LogP contribution in [0.2, 0.25) is 5.02 Å². The first-order chi connectivity index (χ1) is 17.6. The van der Waals surface area contributed by atoms with Crippen molar-refractivity contribution in [3.63, 3.8) is 0 Å². The lowest BCUT2D eigenvalue weighted by atomic mass is 10.2. The van der Waals surface area contributed by atoms with Crippen molar-refractivity contribution in [2.45, 2.75) is 6.54 Å². The summed E-state index contributed by atoms with van der Waals surface area (Å²) in [7, 11) is 1.79. The van der Waals surface area contributed by atoms with E-state index in [-0.39, 0.29) is 11.8 Å². The lowest BCUT2D eigenvalue weighted by molar-refractivity contribution is 0.0770. The van der Waals surface area contributed by atoms with Gasteiger partial charge in [0.25, 0.3) is 5.91 Å². The van der Waals surface area contributed by atoms with Crippen LogP contribution in [0.4, 0.5) is 0 Å². The predicted octanol–water partition coefficient (Wildman–Crippen LogP) is 4.68. The molecule has 0 bridgehead atoms. The van der Waals surface area contributed by atoms with Gasteiger partial charge < -0.3 is 18.9 Å². The summed E-state index contributed by atoms with van der Waals surface area (Å²) in [5.41, 5.74) is 1.48. The molecule has 0 atom stereocenters. The van der Waals surface area contributed by atoms with Gasteiger partial charge in [0.15, 0.2) is 11.5 Å². The van der Waals surface area contributed by atoms with E-state index < -0.39 is 0 Å². The number of fused-ring (bicyclic) bond motifs is 2. The van der Waals surface area contributed by atoms with Gasteiger partial charge in [-0.05, 0) is 48.5 Å². The zero-order chi connectivity index (χ0) is 24.9. The number of nitrogens with zero attached hydrogens (tertiary/aromatic N) is 5. The molecule has 5 rings (SSSR count). The normalized spacial score (nSPS) is 14.9. The van der Waals surface area contributed by atoms with Crippen LogP contribution in [-0.2, 0) is 6.54 Å². The number of carbonyl (C=O) groups is 1. The summed E-state index contributed by atoms with van der Waals surface area (Å²) in [6.07, 6.45) is 5.23. The van der Waals surface area contributed by atoms with E-state index in [2.05, 4.69) is 20.9 Å². The molecular formula is C27H26ClN5O3. The van der Waals surface area contributed by atoms with E-state index in [0.717, 1.165) is 11.5 Å². The molecule has 1 aliphatic heterocycles. The summed E-state index contributed by atoms with van der Waals surface area (Å²) in [5, 5.41) is 0.595. The monoisotopic (exact) mass is 503 g/mol. The fraction of sp³-hybridized carbons (Fsp3) is 0.222. The van der Waals surface area contributed by atoms with Gasteiger partial charge in [0.1, 0.15) is 18.0 Å². The first-order valence-corrected chi connectivity index (χ1v) is 12.1. The average molecular weight is 504 g/mol. The number of likely N-dealkylation sites (N-methyl/N-ethyl adjacent to an activating group) is 1. The van der Waals surface area contributed by atoms with Gasteiger partial charge in [-0.3, -0.25) is 9.69 Å². The van der Waals surface area contributed by atoms with Gasteiger partial charge in [0, 0.05) is 57.5 Å². The molecule has 1 amide bonds. The van der Waals surface area contributed by atoms with Gasteiger partial charge >= 0.3 is 0 Å². The molecule has 4 heterocycles. The third-order valence-corrected chi connectivity index (χ3v) is 6.22. The first kappa shape index (κ1) is 23.8. The second kappa shape index (κ2) is 10.8. The highest BCUT2D eigenvalue weighted by Gasteiger charge is 2.21. The van der Waals surface area contributed by atoms with Crippen molar-refractivity contribution in [2.24, 2.45) is 0 Å². The molecule has 0 fully saturated rings. The number of halogens is 1. The van der Waals surface area contributed by atoms with Crippen LogP contribution in [0.1, 0.15) is 16.1 Å². The number of pyridine rings is 2. The van der Waals surface area contributed by atoms with Crippen molar-refractivity contribution >= 4 is 17.5 Å². The minimum Gasteiger partial charge on any atom is -0.488 e. The second-order valence-corrected chi connectivity index (χ2v) is 8.90. The summed E-state index contributed by atoms with van der Waals surface area (Å²) in [6.45, 7) is 2.94. The number of carbonyl (C=O) groups excluding carboxylic acids is 1. The maximum Gasteiger partial charge on any atom is 0.259 e. The Morgan fingerprint density at radius 2 is 1.81 bits per heavy atom. The third kappa shape index (κ3) is 5.35. The standard InChI is InChI=1S/C27H26ClN5O3/c1-31-14-15-32(19-21-6-5-13-33(21)25-11-10-20(28)18-30-25)16-17-35-23-8-2-3-9-24(23)36-26-22(27(31)34)7-4-12-29-26/h2-13,18H,14-17,19H2,1H3. The Morgan fingerprint density at radius 3 is 2.64 bits per heavy atom. The topological polar surface area (TPSA) is 72.7 Å². The molecule has 0 unspecified atom stereocenters. The highest BCUT2D eigenvalue weighted by Crippen LogP contribution is 2.32. The Labute approximate surface area is 214 Å². The molecule has 0 N–H and O–H groups in total. The average Bonchev–Trinajstić information content (AvgIpc) is 3.36. The Morgan fingerprint density at radius 1 is 0.944 bits per heavy atom. The van der Waals surface area contributed by atoms with Gasteiger partial charge in [-0.15, -0.1) is 0 Å². The maximum atomic E-state index is 13.3. The van der Waals surface area contributed by atoms with E-state index >= 15 is 0 Å². The van der Waals surface area contributed by atoms with E-state index in [1.165, 1.54) is 0 Å². The molecule has 0 radical (unpaired) electrons. The SMILES string of the molecule is CN1CCN(Cc2cccn2-c2ccc(Cl)cn2)CCOc2ccccc2Oc2ncccc2C1=O. The Kier molecular flexibility index (Phi) is 7.16. The molecule has 8 nitrogen and oxygen atoms in total. The van der Waals surface area contributed by atoms with Crippen LogP contribution < -0.4 is 9.47 Å². The molecule has 0 aliphatic carbocycles. The van der Waals surface area contributed by atoms with E-state index in [9.17, 15) is 4.79 Å². The molecule has 3 aromatic heterocycles. The number of hydrogen-bond acceptors (Lipinski definition) is 6. The first-order valence-electron chi connectivity index (χ1n) is 11.7. The van der Waals surface area contributed by atoms with E-state index in [0.29, 0.717) is 54.9 Å². The summed E-state index contributed by atoms with van der Waals surface area (Å²) in [6, 6.07) is 18.7. The van der Waals surface area contributed by atoms with Crippen LogP contribution in [0.15, 0.2) is 79.3 Å². The molecule has 36 heavy (non-hydrogen) atoms. The Hall–Kier alpha value is -3.88. The van der Waals surface area contributed by atoms with Gasteiger partial charge in [-0.25, -0.2) is 9.97 Å². The summed E-state index contributed by atoms with van der Waals surface area (Å²) in [5.74, 6) is 2.02. The molecule has 1 aliphatic rings. The van der Waals surface area contributed by atoms with Crippen LogP contribution >= 0.6 is 11.6 Å². The van der Waals surface area contributed by atoms with Crippen molar-refractivity contribution in [3.8, 4) is 23.2 Å². The minimum atomic E-state index is -0.149. The summed E-state index contributed by atoms with van der Waals surface area (Å²) in [4.78, 5) is 26.0. The lowest BCUT2D eigenvalue weighted by Gasteiger charge is -2.26. The van der Waals surface area contributed by atoms with Crippen molar-refractivity contribution in [2.75, 3.05) is 33.3 Å². The highest BCUT2D eigenvalue weighted by atomic mass is 35.5. The molecule has 0 spiro atoms. The second-order valence-electron chi connectivity index (χ2n) is 8.46. The predicted molar refractivity (Wildman–Crippen MR) is 137 cm³/mol. The number of para-hydroxylation sites is 2. The number of rotatable bonds is 3. The zero-order valence-corrected chi connectivity index (χ0v) is 20.6. The fourth-order valence-electron chi connectivity index (χ4n) is 4.05. The summed E-state index contributed by atoms with van der Waals surface area (Å²) < 4.78 is 14.2. The molecule has 4 aromatic rings. The van der Waals surface area contributed by atoms with Crippen molar-refractivity contribution in [1.82, 2.24) is 24.3 Å². The molecule has 0 saturated heterocycles. The number of amides is 1. The van der Waals surface area contributed by atoms with Crippen molar-refractivity contribution in [3.05, 3.63) is 95.5 Å². The number of aromatic nitrogens is 3. The zero-order valence-electron chi connectivity index (χ0n) is 19.9. The Balaban J connectivity index is 1.41. The van der Waals surface area contributed by atoms with E-state index in [4.69, 9.17) is 21.1 Å². The molecule has 0 saturated carbocycles. The summed E-state index contributed by atoms with van der Waals surface area (Å²) >= 11 is 6.02. The fourth-order valence-corrected chi connectivity index (χ4v) is 4.17. The van der Waals surface area contributed by atoms with Gasteiger partial charge in [-0.2, -0.15) is 0 Å². The molecular weight excluding hydrogens is 478 g/mol. The van der Waals surface area contributed by atoms with Gasteiger partial charge in [-0.1, -0.05) is 23.7 Å². The van der Waals surface area contributed by atoms with Crippen molar-refractivity contribution in [1.29, 1.82) is 0 Å².